The Hall–Kier alpha value is -3.46. The van der Waals surface area contributed by atoms with Gasteiger partial charge in [-0.3, -0.25) is 14.2 Å². The van der Waals surface area contributed by atoms with Gasteiger partial charge in [-0.15, -0.1) is 0 Å². The Balaban J connectivity index is 1.86. The van der Waals surface area contributed by atoms with Crippen LogP contribution in [0.4, 0.5) is 10.1 Å². The molecule has 8 nitrogen and oxygen atoms in total. The Kier molecular flexibility index (Phi) is 8.06. The number of rotatable bonds is 7. The van der Waals surface area contributed by atoms with E-state index in [9.17, 15) is 14.0 Å². The molecule has 9 heteroatoms. The molecule has 1 aromatic heterocycles. The molecule has 3 aromatic rings. The molecule has 1 aliphatic heterocycles. The fourth-order valence-corrected chi connectivity index (χ4v) is 4.94. The molecular formula is C29H38FN5O3. The summed E-state index contributed by atoms with van der Waals surface area (Å²) >= 11 is 0. The van der Waals surface area contributed by atoms with Crippen LogP contribution in [0.1, 0.15) is 41.0 Å². The third-order valence-electron chi connectivity index (χ3n) is 6.89. The summed E-state index contributed by atoms with van der Waals surface area (Å²) in [6.07, 6.45) is 1.00. The number of carbonyl (C=O) groups excluding carboxylic acids is 1. The van der Waals surface area contributed by atoms with Crippen molar-refractivity contribution in [2.24, 2.45) is 5.41 Å². The zero-order valence-corrected chi connectivity index (χ0v) is 23.1. The summed E-state index contributed by atoms with van der Waals surface area (Å²) in [4.78, 5) is 33.8. The van der Waals surface area contributed by atoms with Crippen molar-refractivity contribution in [1.82, 2.24) is 20.2 Å². The Morgan fingerprint density at radius 1 is 1.26 bits per heavy atom. The zero-order chi connectivity index (χ0) is 27.6. The lowest BCUT2D eigenvalue weighted by molar-refractivity contribution is -0.122. The summed E-state index contributed by atoms with van der Waals surface area (Å²) in [7, 11) is 1.38. The quantitative estimate of drug-likeness (QED) is 0.488. The van der Waals surface area contributed by atoms with Crippen molar-refractivity contribution >= 4 is 22.5 Å². The second-order valence-electron chi connectivity index (χ2n) is 11.1. The molecule has 2 N–H and O–H groups in total. The number of nitrogens with zero attached hydrogens (tertiary/aromatic N) is 3. The molecule has 0 aliphatic carbocycles. The molecule has 2 aromatic carbocycles. The number of ether oxygens (including phenoxy) is 1. The molecular weight excluding hydrogens is 485 g/mol. The number of nitrogens with one attached hydrogen (secondary N) is 2. The van der Waals surface area contributed by atoms with Crippen molar-refractivity contribution in [1.29, 1.82) is 0 Å². The molecule has 204 valence electrons. The van der Waals surface area contributed by atoms with E-state index < -0.39 is 5.82 Å². The van der Waals surface area contributed by atoms with Crippen molar-refractivity contribution in [2.75, 3.05) is 31.6 Å². The Morgan fingerprint density at radius 2 is 2.03 bits per heavy atom. The fourth-order valence-electron chi connectivity index (χ4n) is 4.94. The van der Waals surface area contributed by atoms with Crippen molar-refractivity contribution in [3.05, 3.63) is 52.6 Å². The van der Waals surface area contributed by atoms with E-state index >= 15 is 0 Å². The van der Waals surface area contributed by atoms with Gasteiger partial charge in [-0.25, -0.2) is 9.37 Å². The fraction of sp³-hybridized carbons (Fsp3) is 0.483. The predicted molar refractivity (Wildman–Crippen MR) is 149 cm³/mol. The minimum absolute atomic E-state index is 0.0354. The third-order valence-corrected chi connectivity index (χ3v) is 6.89. The van der Waals surface area contributed by atoms with Crippen LogP contribution in [0.2, 0.25) is 0 Å². The molecule has 1 fully saturated rings. The number of carbonyl (C=O) groups is 1. The minimum atomic E-state index is -0.520. The van der Waals surface area contributed by atoms with Crippen molar-refractivity contribution in [3.8, 4) is 17.1 Å². The van der Waals surface area contributed by atoms with E-state index in [2.05, 4.69) is 36.3 Å². The van der Waals surface area contributed by atoms with E-state index in [4.69, 9.17) is 9.72 Å². The molecule has 1 saturated heterocycles. The van der Waals surface area contributed by atoms with Crippen LogP contribution >= 0.6 is 0 Å². The molecule has 2 heterocycles. The summed E-state index contributed by atoms with van der Waals surface area (Å²) in [6.45, 7) is 12.7. The third kappa shape index (κ3) is 5.99. The lowest BCUT2D eigenvalue weighted by Crippen LogP contribution is -2.37. The molecule has 0 bridgehead atoms. The van der Waals surface area contributed by atoms with Crippen molar-refractivity contribution in [2.45, 2.75) is 59.7 Å². The SMILES string of the molecule is CCC1CN(c2ccc3nc(-c4ccc(F)c(OC)c4)n(CC(=O)NC(C)C)c(=O)c3c2)CC(C)(C)CN1. The van der Waals surface area contributed by atoms with E-state index in [0.29, 0.717) is 22.5 Å². The Morgan fingerprint density at radius 3 is 2.71 bits per heavy atom. The Bertz CT molecular complexity index is 1380. The molecule has 0 saturated carbocycles. The second-order valence-corrected chi connectivity index (χ2v) is 11.1. The topological polar surface area (TPSA) is 88.5 Å². The van der Waals surface area contributed by atoms with Gasteiger partial charge in [-0.2, -0.15) is 0 Å². The van der Waals surface area contributed by atoms with Gasteiger partial charge in [0.1, 0.15) is 12.4 Å². The predicted octanol–water partition coefficient (Wildman–Crippen LogP) is 3.95. The van der Waals surface area contributed by atoms with Gasteiger partial charge in [0.2, 0.25) is 5.91 Å². The maximum atomic E-state index is 14.1. The molecule has 1 unspecified atom stereocenters. The zero-order valence-electron chi connectivity index (χ0n) is 23.1. The van der Waals surface area contributed by atoms with Gasteiger partial charge in [-0.1, -0.05) is 20.8 Å². The summed E-state index contributed by atoms with van der Waals surface area (Å²) < 4.78 is 20.6. The largest absolute Gasteiger partial charge is 0.494 e. The highest BCUT2D eigenvalue weighted by Crippen LogP contribution is 2.29. The average molecular weight is 524 g/mol. The summed E-state index contributed by atoms with van der Waals surface area (Å²) in [6, 6.07) is 10.3. The first-order valence-electron chi connectivity index (χ1n) is 13.2. The number of hydrogen-bond donors (Lipinski definition) is 2. The van der Waals surface area contributed by atoms with Crippen LogP contribution < -0.4 is 25.8 Å². The average Bonchev–Trinajstić information content (AvgIpc) is 3.03. The monoisotopic (exact) mass is 523 g/mol. The van der Waals surface area contributed by atoms with E-state index in [1.54, 1.807) is 0 Å². The molecule has 38 heavy (non-hydrogen) atoms. The number of methoxy groups -OCH3 is 1. The molecule has 0 spiro atoms. The number of hydrogen-bond acceptors (Lipinski definition) is 6. The molecule has 4 rings (SSSR count). The highest BCUT2D eigenvalue weighted by Gasteiger charge is 2.29. The van der Waals surface area contributed by atoms with Gasteiger partial charge in [0.05, 0.1) is 18.0 Å². The van der Waals surface area contributed by atoms with Crippen LogP contribution in [0.3, 0.4) is 0 Å². The Labute approximate surface area is 223 Å². The van der Waals surface area contributed by atoms with Crippen LogP contribution in [-0.2, 0) is 11.3 Å². The van der Waals surface area contributed by atoms with Crippen molar-refractivity contribution in [3.63, 3.8) is 0 Å². The van der Waals surface area contributed by atoms with Crippen molar-refractivity contribution < 1.29 is 13.9 Å². The van der Waals surface area contributed by atoms with Crippen LogP contribution in [0.5, 0.6) is 5.75 Å². The number of benzene rings is 2. The highest BCUT2D eigenvalue weighted by atomic mass is 19.1. The number of anilines is 1. The molecule has 1 atom stereocenters. The van der Waals surface area contributed by atoms with Gasteiger partial charge in [0, 0.05) is 43.0 Å². The van der Waals surface area contributed by atoms with Gasteiger partial charge < -0.3 is 20.3 Å². The maximum Gasteiger partial charge on any atom is 0.262 e. The second kappa shape index (κ2) is 11.1. The van der Waals surface area contributed by atoms with Gasteiger partial charge in [0.15, 0.2) is 11.6 Å². The smallest absolute Gasteiger partial charge is 0.262 e. The van der Waals surface area contributed by atoms with Gasteiger partial charge in [0.25, 0.3) is 5.56 Å². The van der Waals surface area contributed by atoms with Crippen LogP contribution in [0, 0.1) is 11.2 Å². The maximum absolute atomic E-state index is 14.1. The summed E-state index contributed by atoms with van der Waals surface area (Å²) in [5.74, 6) is -0.513. The van der Waals surface area contributed by atoms with E-state index in [0.717, 1.165) is 31.7 Å². The first-order chi connectivity index (χ1) is 18.0. The van der Waals surface area contributed by atoms with Crippen LogP contribution in [-0.4, -0.2) is 54.3 Å². The summed E-state index contributed by atoms with van der Waals surface area (Å²) in [5.41, 5.74) is 1.67. The van der Waals surface area contributed by atoms with Crippen LogP contribution in [0.15, 0.2) is 41.2 Å². The normalized spacial score (nSPS) is 17.5. The van der Waals surface area contributed by atoms with E-state index in [1.165, 1.54) is 29.9 Å². The van der Waals surface area contributed by atoms with E-state index in [1.807, 2.05) is 32.0 Å². The lowest BCUT2D eigenvalue weighted by atomic mass is 9.93. The standard InChI is InChI=1S/C29H38FN5O3/c1-7-20-14-34(17-29(4,5)16-31-20)21-9-11-24-22(13-21)28(37)35(15-26(36)32-18(2)3)27(33-24)19-8-10-23(30)25(12-19)38-6/h8-13,18,20,31H,7,14-17H2,1-6H3,(H,32,36). The summed E-state index contributed by atoms with van der Waals surface area (Å²) in [5, 5.41) is 6.93. The lowest BCUT2D eigenvalue weighted by Gasteiger charge is -2.31. The number of fused-ring (bicyclic) bond motifs is 1. The van der Waals surface area contributed by atoms with Gasteiger partial charge >= 0.3 is 0 Å². The highest BCUT2D eigenvalue weighted by molar-refractivity contribution is 5.85. The number of halogens is 1. The molecule has 1 amide bonds. The molecule has 0 radical (unpaired) electrons. The minimum Gasteiger partial charge on any atom is -0.494 e. The number of amides is 1. The van der Waals surface area contributed by atoms with E-state index in [-0.39, 0.29) is 41.0 Å². The van der Waals surface area contributed by atoms with Crippen LogP contribution in [0.25, 0.3) is 22.3 Å². The number of aromatic nitrogens is 2. The molecule has 1 aliphatic rings. The first kappa shape index (κ1) is 27.6. The first-order valence-corrected chi connectivity index (χ1v) is 13.2. The van der Waals surface area contributed by atoms with Gasteiger partial charge in [-0.05, 0) is 62.1 Å².